The number of nitrogens with zero attached hydrogens (tertiary/aromatic N) is 1. The van der Waals surface area contributed by atoms with Crippen LogP contribution in [-0.2, 0) is 6.54 Å². The average Bonchev–Trinajstić information content (AvgIpc) is 2.89. The molecule has 0 spiro atoms. The Morgan fingerprint density at radius 2 is 2.10 bits per heavy atom. The molecule has 0 saturated heterocycles. The number of carboxylic acids is 1. The van der Waals surface area contributed by atoms with Crippen LogP contribution >= 0.6 is 0 Å². The molecule has 5 nitrogen and oxygen atoms in total. The van der Waals surface area contributed by atoms with Gasteiger partial charge in [-0.2, -0.15) is 0 Å². The number of anilines is 1. The fourth-order valence-corrected chi connectivity index (χ4v) is 2.20. The van der Waals surface area contributed by atoms with Crippen molar-refractivity contribution in [2.45, 2.75) is 13.5 Å². The third-order valence-electron chi connectivity index (χ3n) is 3.20. The predicted octanol–water partition coefficient (Wildman–Crippen LogP) is 3.45. The van der Waals surface area contributed by atoms with Gasteiger partial charge in [0.15, 0.2) is 0 Å². The highest BCUT2D eigenvalue weighted by atomic mass is 16.4. The van der Waals surface area contributed by atoms with Gasteiger partial charge in [-0.15, -0.1) is 0 Å². The minimum atomic E-state index is -0.950. The molecular weight excluding hydrogens is 268 g/mol. The van der Waals surface area contributed by atoms with Gasteiger partial charge in [0.05, 0.1) is 17.6 Å². The number of aryl methyl sites for hydroxylation is 1. The van der Waals surface area contributed by atoms with Gasteiger partial charge < -0.3 is 14.8 Å². The van der Waals surface area contributed by atoms with E-state index in [2.05, 4.69) is 10.3 Å². The van der Waals surface area contributed by atoms with Crippen molar-refractivity contribution >= 4 is 22.7 Å². The highest BCUT2D eigenvalue weighted by Crippen LogP contribution is 2.20. The maximum absolute atomic E-state index is 11.2. The number of fused-ring (bicyclic) bond motifs is 1. The molecule has 3 aromatic rings. The van der Waals surface area contributed by atoms with Gasteiger partial charge in [-0.25, -0.2) is 9.78 Å². The summed E-state index contributed by atoms with van der Waals surface area (Å²) in [6.45, 7) is 2.43. The molecule has 0 radical (unpaired) electrons. The Kier molecular flexibility index (Phi) is 3.31. The number of aromatic nitrogens is 1. The van der Waals surface area contributed by atoms with E-state index in [1.807, 2.05) is 19.1 Å². The summed E-state index contributed by atoms with van der Waals surface area (Å²) in [6, 6.07) is 12.4. The third-order valence-corrected chi connectivity index (χ3v) is 3.20. The summed E-state index contributed by atoms with van der Waals surface area (Å²) in [5.74, 6) is 1.42. The molecule has 106 valence electrons. The summed E-state index contributed by atoms with van der Waals surface area (Å²) >= 11 is 0. The minimum Gasteiger partial charge on any atom is -0.478 e. The number of aromatic carboxylic acids is 1. The molecule has 2 aromatic heterocycles. The molecule has 0 fully saturated rings. The number of pyridine rings is 1. The number of benzene rings is 1. The number of hydrogen-bond donors (Lipinski definition) is 2. The van der Waals surface area contributed by atoms with Gasteiger partial charge in [0.1, 0.15) is 17.3 Å². The van der Waals surface area contributed by atoms with Crippen molar-refractivity contribution in [3.05, 3.63) is 59.5 Å². The highest BCUT2D eigenvalue weighted by molar-refractivity contribution is 6.02. The topological polar surface area (TPSA) is 75.4 Å². The SMILES string of the molecule is Cc1ccc(CNc2ccc3c(C(=O)O)cccc3n2)o1. The number of carbonyl (C=O) groups is 1. The van der Waals surface area contributed by atoms with Crippen molar-refractivity contribution in [2.75, 3.05) is 5.32 Å². The van der Waals surface area contributed by atoms with E-state index in [9.17, 15) is 4.79 Å². The number of hydrogen-bond acceptors (Lipinski definition) is 4. The molecule has 0 aliphatic heterocycles. The molecule has 0 atom stereocenters. The molecule has 0 amide bonds. The van der Waals surface area contributed by atoms with E-state index in [0.29, 0.717) is 23.3 Å². The Balaban J connectivity index is 1.86. The van der Waals surface area contributed by atoms with Crippen LogP contribution in [-0.4, -0.2) is 16.1 Å². The van der Waals surface area contributed by atoms with E-state index in [1.54, 1.807) is 30.3 Å². The molecule has 1 aromatic carbocycles. The summed E-state index contributed by atoms with van der Waals surface area (Å²) < 4.78 is 5.48. The van der Waals surface area contributed by atoms with Crippen LogP contribution in [0, 0.1) is 6.92 Å². The fourth-order valence-electron chi connectivity index (χ4n) is 2.20. The fraction of sp³-hybridized carbons (Fsp3) is 0.125. The number of furan rings is 1. The molecule has 21 heavy (non-hydrogen) atoms. The van der Waals surface area contributed by atoms with Crippen molar-refractivity contribution in [1.29, 1.82) is 0 Å². The lowest BCUT2D eigenvalue weighted by Crippen LogP contribution is -2.02. The van der Waals surface area contributed by atoms with Crippen LogP contribution in [0.3, 0.4) is 0 Å². The van der Waals surface area contributed by atoms with Gasteiger partial charge in [-0.05, 0) is 43.3 Å². The molecule has 0 aliphatic carbocycles. The first kappa shape index (κ1) is 13.2. The lowest BCUT2D eigenvalue weighted by Gasteiger charge is -2.06. The third kappa shape index (κ3) is 2.72. The molecule has 0 bridgehead atoms. The van der Waals surface area contributed by atoms with Crippen LogP contribution in [0.15, 0.2) is 46.9 Å². The maximum Gasteiger partial charge on any atom is 0.336 e. The molecular formula is C16H14N2O3. The number of rotatable bonds is 4. The quantitative estimate of drug-likeness (QED) is 0.766. The van der Waals surface area contributed by atoms with Crippen molar-refractivity contribution in [3.63, 3.8) is 0 Å². The maximum atomic E-state index is 11.2. The molecule has 0 saturated carbocycles. The monoisotopic (exact) mass is 282 g/mol. The van der Waals surface area contributed by atoms with Crippen molar-refractivity contribution in [3.8, 4) is 0 Å². The van der Waals surface area contributed by atoms with E-state index < -0.39 is 5.97 Å². The Hall–Kier alpha value is -2.82. The predicted molar refractivity (Wildman–Crippen MR) is 79.5 cm³/mol. The van der Waals surface area contributed by atoms with Gasteiger partial charge >= 0.3 is 5.97 Å². The second-order valence-corrected chi connectivity index (χ2v) is 4.74. The van der Waals surface area contributed by atoms with E-state index in [-0.39, 0.29) is 5.56 Å². The van der Waals surface area contributed by atoms with Crippen LogP contribution in [0.1, 0.15) is 21.9 Å². The highest BCUT2D eigenvalue weighted by Gasteiger charge is 2.09. The van der Waals surface area contributed by atoms with E-state index in [0.717, 1.165) is 11.5 Å². The smallest absolute Gasteiger partial charge is 0.336 e. The van der Waals surface area contributed by atoms with Gasteiger partial charge in [-0.3, -0.25) is 0 Å². The molecule has 0 unspecified atom stereocenters. The summed E-state index contributed by atoms with van der Waals surface area (Å²) in [5, 5.41) is 12.9. The van der Waals surface area contributed by atoms with Crippen molar-refractivity contribution in [2.24, 2.45) is 0 Å². The standard InChI is InChI=1S/C16H14N2O3/c1-10-5-6-11(21-10)9-17-15-8-7-12-13(16(19)20)3-2-4-14(12)18-15/h2-8H,9H2,1H3,(H,17,18)(H,19,20). The molecule has 2 N–H and O–H groups in total. The van der Waals surface area contributed by atoms with E-state index >= 15 is 0 Å². The molecule has 0 aliphatic rings. The van der Waals surface area contributed by atoms with Crippen molar-refractivity contribution in [1.82, 2.24) is 4.98 Å². The number of carboxylic acid groups (broad SMARTS) is 1. The Bertz CT molecular complexity index is 808. The average molecular weight is 282 g/mol. The second kappa shape index (κ2) is 5.28. The van der Waals surface area contributed by atoms with Crippen LogP contribution < -0.4 is 5.32 Å². The molecule has 2 heterocycles. The van der Waals surface area contributed by atoms with Crippen LogP contribution in [0.4, 0.5) is 5.82 Å². The Morgan fingerprint density at radius 3 is 2.81 bits per heavy atom. The van der Waals surface area contributed by atoms with Crippen LogP contribution in [0.2, 0.25) is 0 Å². The van der Waals surface area contributed by atoms with E-state index in [1.165, 1.54) is 0 Å². The Morgan fingerprint density at radius 1 is 1.24 bits per heavy atom. The molecule has 5 heteroatoms. The van der Waals surface area contributed by atoms with Gasteiger partial charge in [0, 0.05) is 5.39 Å². The summed E-state index contributed by atoms with van der Waals surface area (Å²) in [7, 11) is 0. The normalized spacial score (nSPS) is 10.7. The number of nitrogens with one attached hydrogen (secondary N) is 1. The first-order valence-electron chi connectivity index (χ1n) is 6.56. The first-order chi connectivity index (χ1) is 10.1. The van der Waals surface area contributed by atoms with Crippen LogP contribution in [0.5, 0.6) is 0 Å². The lowest BCUT2D eigenvalue weighted by molar-refractivity contribution is 0.0699. The lowest BCUT2D eigenvalue weighted by atomic mass is 10.1. The van der Waals surface area contributed by atoms with E-state index in [4.69, 9.17) is 9.52 Å². The van der Waals surface area contributed by atoms with Crippen LogP contribution in [0.25, 0.3) is 10.9 Å². The second-order valence-electron chi connectivity index (χ2n) is 4.74. The zero-order chi connectivity index (χ0) is 14.8. The van der Waals surface area contributed by atoms with Gasteiger partial charge in [0.25, 0.3) is 0 Å². The van der Waals surface area contributed by atoms with Crippen molar-refractivity contribution < 1.29 is 14.3 Å². The van der Waals surface area contributed by atoms with Gasteiger partial charge in [-0.1, -0.05) is 6.07 Å². The summed E-state index contributed by atoms with van der Waals surface area (Å²) in [5.41, 5.74) is 0.906. The zero-order valence-corrected chi connectivity index (χ0v) is 11.5. The summed E-state index contributed by atoms with van der Waals surface area (Å²) in [4.78, 5) is 15.6. The zero-order valence-electron chi connectivity index (χ0n) is 11.5. The first-order valence-corrected chi connectivity index (χ1v) is 6.56. The van der Waals surface area contributed by atoms with Gasteiger partial charge in [0.2, 0.25) is 0 Å². The largest absolute Gasteiger partial charge is 0.478 e. The Labute approximate surface area is 121 Å². The summed E-state index contributed by atoms with van der Waals surface area (Å²) in [6.07, 6.45) is 0. The minimum absolute atomic E-state index is 0.258. The molecule has 3 rings (SSSR count).